The molecule has 3 nitrogen and oxygen atoms in total. The fourth-order valence-corrected chi connectivity index (χ4v) is 8.28. The van der Waals surface area contributed by atoms with E-state index in [0.717, 1.165) is 0 Å². The topological polar surface area (TPSA) is 43.4 Å². The first-order chi connectivity index (χ1) is 17.7. The van der Waals surface area contributed by atoms with Crippen molar-refractivity contribution in [2.24, 2.45) is 0 Å². The fraction of sp³-hybridized carbons (Fsp3) is 0.182. The number of rotatable bonds is 8. The van der Waals surface area contributed by atoms with E-state index in [1.807, 2.05) is 0 Å². The van der Waals surface area contributed by atoms with E-state index in [1.165, 1.54) is 0 Å². The predicted molar refractivity (Wildman–Crippen MR) is 112 cm³/mol. The molecule has 17 heteroatoms. The molecule has 214 valence electrons. The molecular formula is C22H12F12O3S2. The van der Waals surface area contributed by atoms with Crippen LogP contribution in [0.3, 0.4) is 0 Å². The van der Waals surface area contributed by atoms with Crippen LogP contribution in [0.15, 0.2) is 87.5 Å². The highest BCUT2D eigenvalue weighted by Crippen LogP contribution is 2.71. The Balaban J connectivity index is 2.38. The molecule has 0 saturated heterocycles. The van der Waals surface area contributed by atoms with Crippen LogP contribution in [-0.2, 0) is 13.7 Å². The van der Waals surface area contributed by atoms with Crippen LogP contribution in [0.2, 0.25) is 0 Å². The van der Waals surface area contributed by atoms with Gasteiger partial charge in [0.1, 0.15) is 17.5 Å². The molecule has 0 aromatic heterocycles. The van der Waals surface area contributed by atoms with Crippen LogP contribution in [0.1, 0.15) is 0 Å². The Morgan fingerprint density at radius 2 is 0.769 bits per heavy atom. The van der Waals surface area contributed by atoms with Gasteiger partial charge in [0.05, 0.1) is 0 Å². The monoisotopic (exact) mass is 616 g/mol. The lowest BCUT2D eigenvalue weighted by molar-refractivity contribution is -0.382. The van der Waals surface area contributed by atoms with Crippen LogP contribution in [0.25, 0.3) is 0 Å². The Labute approximate surface area is 213 Å². The van der Waals surface area contributed by atoms with E-state index in [1.54, 1.807) is 0 Å². The Bertz CT molecular complexity index is 1310. The second kappa shape index (κ2) is 9.92. The van der Waals surface area contributed by atoms with Crippen LogP contribution in [0, 0.1) is 17.5 Å². The first-order valence-corrected chi connectivity index (χ1v) is 12.9. The third-order valence-electron chi connectivity index (χ3n) is 5.06. The van der Waals surface area contributed by atoms with Crippen molar-refractivity contribution < 1.29 is 64.7 Å². The summed E-state index contributed by atoms with van der Waals surface area (Å²) in [6.45, 7) is 0. The van der Waals surface area contributed by atoms with Crippen LogP contribution in [0.4, 0.5) is 52.7 Å². The van der Waals surface area contributed by atoms with Crippen molar-refractivity contribution in [1.29, 1.82) is 0 Å². The molecule has 39 heavy (non-hydrogen) atoms. The molecule has 0 radical (unpaired) electrons. The smallest absolute Gasteiger partial charge is 0.207 e. The van der Waals surface area contributed by atoms with Gasteiger partial charge in [0, 0.05) is 14.7 Å². The molecule has 0 aliphatic rings. The van der Waals surface area contributed by atoms with Crippen molar-refractivity contribution in [3.05, 3.63) is 90.2 Å². The fourth-order valence-electron chi connectivity index (χ4n) is 3.10. The summed E-state index contributed by atoms with van der Waals surface area (Å²) >= 11 is 0. The molecule has 3 aromatic carbocycles. The number of halogens is 12. The van der Waals surface area contributed by atoms with Gasteiger partial charge < -0.3 is 0 Å². The maximum Gasteiger partial charge on any atom is 0.460 e. The predicted octanol–water partition coefficient (Wildman–Crippen LogP) is 8.07. The second-order valence-corrected chi connectivity index (χ2v) is 12.1. The Kier molecular flexibility index (Phi) is 7.79. The zero-order valence-corrected chi connectivity index (χ0v) is 20.1. The molecule has 3 aromatic rings. The van der Waals surface area contributed by atoms with Crippen molar-refractivity contribution in [3.63, 3.8) is 0 Å². The van der Waals surface area contributed by atoms with Gasteiger partial charge in [0.15, 0.2) is 0 Å². The summed E-state index contributed by atoms with van der Waals surface area (Å²) in [5.41, 5.74) is 0. The van der Waals surface area contributed by atoms with Crippen molar-refractivity contribution in [2.75, 3.05) is 0 Å². The van der Waals surface area contributed by atoms with E-state index in [-0.39, 0.29) is 0 Å². The van der Waals surface area contributed by atoms with Gasteiger partial charge in [0.25, 0.3) is 0 Å². The van der Waals surface area contributed by atoms with Gasteiger partial charge in [-0.1, -0.05) is 0 Å². The lowest BCUT2D eigenvalue weighted by atomic mass is 10.1. The molecule has 0 N–H and O–H groups in total. The van der Waals surface area contributed by atoms with Gasteiger partial charge in [-0.05, 0) is 83.1 Å². The second-order valence-electron chi connectivity index (χ2n) is 7.60. The number of benzene rings is 3. The molecule has 0 aliphatic heterocycles. The quantitative estimate of drug-likeness (QED) is 0.241. The molecule has 0 unspecified atom stereocenters. The molecule has 0 atom stereocenters. The molecule has 3 rings (SSSR count). The lowest BCUT2D eigenvalue weighted by Gasteiger charge is -2.41. The van der Waals surface area contributed by atoms with Gasteiger partial charge in [-0.25, -0.2) is 16.8 Å². The summed E-state index contributed by atoms with van der Waals surface area (Å²) in [6.07, 6.45) is -7.33. The van der Waals surface area contributed by atoms with Crippen molar-refractivity contribution in [2.45, 2.75) is 38.0 Å². The highest BCUT2D eigenvalue weighted by molar-refractivity contribution is 8.33. The standard InChI is InChI=1S/C22H12F12O3S2/c23-13-1-7-16(8-2-13)38(17-9-3-14(24)4-10-17,18-11-5-15(25)6-12-18)37-39(35,36)22(33,34)20(28,29)19(26,27)21(30,31)32/h1-12H. The van der Waals surface area contributed by atoms with Crippen LogP contribution >= 0.6 is 10.3 Å². The Morgan fingerprint density at radius 1 is 0.487 bits per heavy atom. The summed E-state index contributed by atoms with van der Waals surface area (Å²) < 4.78 is 193. The summed E-state index contributed by atoms with van der Waals surface area (Å²) in [6, 6.07) is 7.91. The molecular weight excluding hydrogens is 604 g/mol. The van der Waals surface area contributed by atoms with E-state index in [4.69, 9.17) is 0 Å². The normalized spacial score (nSPS) is 14.4. The molecule has 0 bridgehead atoms. The van der Waals surface area contributed by atoms with Crippen molar-refractivity contribution in [3.8, 4) is 0 Å². The van der Waals surface area contributed by atoms with E-state index in [0.29, 0.717) is 72.8 Å². The van der Waals surface area contributed by atoms with Crippen LogP contribution in [0.5, 0.6) is 0 Å². The lowest BCUT2D eigenvalue weighted by Crippen LogP contribution is -2.63. The average molecular weight is 616 g/mol. The minimum atomic E-state index is -7.61. The third-order valence-corrected chi connectivity index (χ3v) is 10.3. The molecule has 0 amide bonds. The highest BCUT2D eigenvalue weighted by Gasteiger charge is 2.86. The van der Waals surface area contributed by atoms with Gasteiger partial charge in [-0.15, -0.1) is 0 Å². The zero-order chi connectivity index (χ0) is 29.7. The Morgan fingerprint density at radius 3 is 1.03 bits per heavy atom. The van der Waals surface area contributed by atoms with Gasteiger partial charge in [0.2, 0.25) is 0 Å². The first kappa shape index (κ1) is 30.6. The Hall–Kier alpha value is -2.92. The van der Waals surface area contributed by atoms with Gasteiger partial charge in [-0.2, -0.15) is 47.9 Å². The van der Waals surface area contributed by atoms with E-state index < -0.39 is 75.8 Å². The van der Waals surface area contributed by atoms with Crippen molar-refractivity contribution in [1.82, 2.24) is 0 Å². The van der Waals surface area contributed by atoms with Crippen LogP contribution in [-0.4, -0.2) is 31.7 Å². The largest absolute Gasteiger partial charge is 0.460 e. The van der Waals surface area contributed by atoms with E-state index in [2.05, 4.69) is 3.63 Å². The highest BCUT2D eigenvalue weighted by atomic mass is 32.3. The molecule has 0 heterocycles. The number of alkyl halides is 9. The molecule has 0 saturated carbocycles. The summed E-state index contributed by atoms with van der Waals surface area (Å²) in [5.74, 6) is -18.2. The first-order valence-electron chi connectivity index (χ1n) is 9.97. The summed E-state index contributed by atoms with van der Waals surface area (Å²) in [7, 11) is -12.0. The van der Waals surface area contributed by atoms with E-state index >= 15 is 0 Å². The minimum absolute atomic E-state index is 0.616. The number of hydrogen-bond donors (Lipinski definition) is 0. The number of hydrogen-bond acceptors (Lipinski definition) is 3. The summed E-state index contributed by atoms with van der Waals surface area (Å²) in [5, 5.41) is -7.24. The van der Waals surface area contributed by atoms with Gasteiger partial charge in [-0.3, -0.25) is 0 Å². The zero-order valence-electron chi connectivity index (χ0n) is 18.5. The molecule has 0 fully saturated rings. The minimum Gasteiger partial charge on any atom is -0.207 e. The molecule has 0 spiro atoms. The van der Waals surface area contributed by atoms with Crippen LogP contribution < -0.4 is 0 Å². The molecule has 0 aliphatic carbocycles. The SMILES string of the molecule is O=S(=O)(OS(c1ccc(F)cc1)(c1ccc(F)cc1)c1ccc(F)cc1)C(F)(F)C(F)(F)C(F)(F)C(F)(F)F. The van der Waals surface area contributed by atoms with Crippen molar-refractivity contribution >= 4 is 20.4 Å². The maximum atomic E-state index is 14.7. The maximum absolute atomic E-state index is 14.7. The third kappa shape index (κ3) is 5.06. The summed E-state index contributed by atoms with van der Waals surface area (Å²) in [4.78, 5) is -1.85. The average Bonchev–Trinajstić information content (AvgIpc) is 2.83. The van der Waals surface area contributed by atoms with Gasteiger partial charge >= 0.3 is 33.4 Å². The van der Waals surface area contributed by atoms with E-state index in [9.17, 15) is 61.1 Å².